The van der Waals surface area contributed by atoms with Crippen LogP contribution < -0.4 is 5.32 Å². The summed E-state index contributed by atoms with van der Waals surface area (Å²) in [4.78, 5) is 2.49. The van der Waals surface area contributed by atoms with Crippen molar-refractivity contribution in [1.82, 2.24) is 15.1 Å². The van der Waals surface area contributed by atoms with Crippen LogP contribution in [0, 0.1) is 6.92 Å². The zero-order chi connectivity index (χ0) is 11.2. The largest absolute Gasteiger partial charge is 0.367 e. The molecule has 4 nitrogen and oxygen atoms in total. The van der Waals surface area contributed by atoms with Crippen LogP contribution in [0.3, 0.4) is 0 Å². The molecule has 0 bridgehead atoms. The van der Waals surface area contributed by atoms with Crippen LogP contribution in [0.25, 0.3) is 0 Å². The third-order valence-electron chi connectivity index (χ3n) is 2.63. The van der Waals surface area contributed by atoms with E-state index in [4.69, 9.17) is 0 Å². The number of aryl methyl sites for hydroxylation is 1. The van der Waals surface area contributed by atoms with Crippen LogP contribution >= 0.6 is 11.8 Å². The van der Waals surface area contributed by atoms with Gasteiger partial charge in [-0.15, -0.1) is 5.10 Å². The summed E-state index contributed by atoms with van der Waals surface area (Å²) in [6, 6.07) is 2.03. The summed E-state index contributed by atoms with van der Waals surface area (Å²) >= 11 is 2.05. The molecule has 0 unspecified atom stereocenters. The fourth-order valence-electron chi connectivity index (χ4n) is 1.72. The van der Waals surface area contributed by atoms with E-state index in [1.165, 1.54) is 24.6 Å². The van der Waals surface area contributed by atoms with Crippen LogP contribution in [-0.2, 0) is 0 Å². The molecule has 16 heavy (non-hydrogen) atoms. The lowest BCUT2D eigenvalue weighted by molar-refractivity contribution is 0.314. The van der Waals surface area contributed by atoms with Gasteiger partial charge in [-0.2, -0.15) is 16.9 Å². The molecule has 1 aliphatic rings. The fourth-order valence-corrected chi connectivity index (χ4v) is 2.70. The Morgan fingerprint density at radius 2 is 2.25 bits per heavy atom. The van der Waals surface area contributed by atoms with E-state index in [0.29, 0.717) is 0 Å². The van der Waals surface area contributed by atoms with Crippen molar-refractivity contribution in [3.8, 4) is 0 Å². The first-order valence-corrected chi connectivity index (χ1v) is 6.83. The van der Waals surface area contributed by atoms with E-state index in [2.05, 4.69) is 20.4 Å². The molecule has 1 aromatic heterocycles. The number of hydrogen-bond acceptors (Lipinski definition) is 5. The predicted octanol–water partition coefficient (Wildman–Crippen LogP) is 1.25. The standard InChI is InChI=1S/C11H18N4S/c1-10-8-11(14-13-9-10)12-2-3-15-4-6-16-7-5-15/h8-9H,2-7H2,1H3,(H,12,14). The minimum atomic E-state index is 0.881. The average molecular weight is 238 g/mol. The topological polar surface area (TPSA) is 41.1 Å². The monoisotopic (exact) mass is 238 g/mol. The van der Waals surface area contributed by atoms with Crippen molar-refractivity contribution >= 4 is 17.6 Å². The minimum Gasteiger partial charge on any atom is -0.367 e. The molecule has 0 atom stereocenters. The summed E-state index contributed by atoms with van der Waals surface area (Å²) in [5, 5.41) is 11.3. The van der Waals surface area contributed by atoms with Crippen molar-refractivity contribution in [2.45, 2.75) is 6.92 Å². The lowest BCUT2D eigenvalue weighted by Gasteiger charge is -2.26. The fraction of sp³-hybridized carbons (Fsp3) is 0.636. The molecule has 2 heterocycles. The predicted molar refractivity (Wildman–Crippen MR) is 69.0 cm³/mol. The van der Waals surface area contributed by atoms with E-state index in [1.54, 1.807) is 6.20 Å². The molecule has 1 N–H and O–H groups in total. The first kappa shape index (κ1) is 11.7. The number of nitrogens with zero attached hydrogens (tertiary/aromatic N) is 3. The Hall–Kier alpha value is -0.810. The Kier molecular flexibility index (Phi) is 4.42. The molecule has 0 aliphatic carbocycles. The second-order valence-electron chi connectivity index (χ2n) is 4.00. The van der Waals surface area contributed by atoms with E-state index in [0.717, 1.165) is 24.5 Å². The smallest absolute Gasteiger partial charge is 0.148 e. The van der Waals surface area contributed by atoms with Crippen LogP contribution in [0.5, 0.6) is 0 Å². The van der Waals surface area contributed by atoms with Crippen LogP contribution in [0.2, 0.25) is 0 Å². The lowest BCUT2D eigenvalue weighted by Crippen LogP contribution is -2.36. The Balaban J connectivity index is 1.71. The van der Waals surface area contributed by atoms with Gasteiger partial charge in [0.15, 0.2) is 0 Å². The van der Waals surface area contributed by atoms with Gasteiger partial charge < -0.3 is 5.32 Å². The van der Waals surface area contributed by atoms with Crippen molar-refractivity contribution in [1.29, 1.82) is 0 Å². The van der Waals surface area contributed by atoms with Crippen LogP contribution in [0.4, 0.5) is 5.82 Å². The van der Waals surface area contributed by atoms with Gasteiger partial charge in [0.05, 0.1) is 6.20 Å². The quantitative estimate of drug-likeness (QED) is 0.855. The second kappa shape index (κ2) is 6.06. The highest BCUT2D eigenvalue weighted by Crippen LogP contribution is 2.08. The summed E-state index contributed by atoms with van der Waals surface area (Å²) in [5.41, 5.74) is 1.15. The summed E-state index contributed by atoms with van der Waals surface area (Å²) in [5.74, 6) is 3.42. The molecule has 1 saturated heterocycles. The molecule has 0 spiro atoms. The lowest BCUT2D eigenvalue weighted by atomic mass is 10.3. The number of nitrogens with one attached hydrogen (secondary N) is 1. The van der Waals surface area contributed by atoms with E-state index >= 15 is 0 Å². The highest BCUT2D eigenvalue weighted by Gasteiger charge is 2.09. The number of anilines is 1. The number of rotatable bonds is 4. The molecule has 0 amide bonds. The Labute approximate surface area is 101 Å². The van der Waals surface area contributed by atoms with Gasteiger partial charge in [-0.05, 0) is 18.6 Å². The Bertz CT molecular complexity index is 326. The second-order valence-corrected chi connectivity index (χ2v) is 5.22. The third kappa shape index (κ3) is 3.64. The van der Waals surface area contributed by atoms with Crippen molar-refractivity contribution < 1.29 is 0 Å². The van der Waals surface area contributed by atoms with Crippen molar-refractivity contribution in [3.63, 3.8) is 0 Å². The van der Waals surface area contributed by atoms with E-state index in [-0.39, 0.29) is 0 Å². The van der Waals surface area contributed by atoms with Crippen LogP contribution in [0.15, 0.2) is 12.3 Å². The zero-order valence-corrected chi connectivity index (χ0v) is 10.5. The molecule has 1 aliphatic heterocycles. The summed E-state index contributed by atoms with van der Waals surface area (Å²) in [6.45, 7) is 6.50. The normalized spacial score (nSPS) is 17.3. The van der Waals surface area contributed by atoms with Crippen LogP contribution in [0.1, 0.15) is 5.56 Å². The van der Waals surface area contributed by atoms with E-state index < -0.39 is 0 Å². The molecule has 0 aromatic carbocycles. The first-order valence-electron chi connectivity index (χ1n) is 5.68. The summed E-state index contributed by atoms with van der Waals surface area (Å²) < 4.78 is 0. The van der Waals surface area contributed by atoms with E-state index in [1.807, 2.05) is 24.8 Å². The summed E-state index contributed by atoms with van der Waals surface area (Å²) in [6.07, 6.45) is 1.77. The number of hydrogen-bond donors (Lipinski definition) is 1. The molecular weight excluding hydrogens is 220 g/mol. The maximum Gasteiger partial charge on any atom is 0.148 e. The van der Waals surface area contributed by atoms with Crippen molar-refractivity contribution in [2.24, 2.45) is 0 Å². The SMILES string of the molecule is Cc1cnnc(NCCN2CCSCC2)c1. The maximum absolute atomic E-state index is 4.04. The molecule has 0 saturated carbocycles. The van der Waals surface area contributed by atoms with Gasteiger partial charge in [-0.3, -0.25) is 4.90 Å². The van der Waals surface area contributed by atoms with Crippen LogP contribution in [-0.4, -0.2) is 52.8 Å². The average Bonchev–Trinajstić information content (AvgIpc) is 2.30. The van der Waals surface area contributed by atoms with E-state index in [9.17, 15) is 0 Å². The summed E-state index contributed by atoms with van der Waals surface area (Å²) in [7, 11) is 0. The van der Waals surface area contributed by atoms with Gasteiger partial charge in [0.2, 0.25) is 0 Å². The first-order chi connectivity index (χ1) is 7.84. The van der Waals surface area contributed by atoms with Gasteiger partial charge in [0, 0.05) is 37.7 Å². The van der Waals surface area contributed by atoms with Gasteiger partial charge in [0.1, 0.15) is 5.82 Å². The molecule has 1 aromatic rings. The Morgan fingerprint density at radius 1 is 1.44 bits per heavy atom. The molecule has 0 radical (unpaired) electrons. The number of aromatic nitrogens is 2. The van der Waals surface area contributed by atoms with Gasteiger partial charge in [-0.1, -0.05) is 0 Å². The number of thioether (sulfide) groups is 1. The minimum absolute atomic E-state index is 0.881. The highest BCUT2D eigenvalue weighted by molar-refractivity contribution is 7.99. The molecule has 1 fully saturated rings. The maximum atomic E-state index is 4.04. The highest BCUT2D eigenvalue weighted by atomic mass is 32.2. The molecule has 88 valence electrons. The molecular formula is C11H18N4S. The van der Waals surface area contributed by atoms with Crippen molar-refractivity contribution in [2.75, 3.05) is 43.0 Å². The van der Waals surface area contributed by atoms with Gasteiger partial charge in [-0.25, -0.2) is 0 Å². The third-order valence-corrected chi connectivity index (χ3v) is 3.57. The zero-order valence-electron chi connectivity index (χ0n) is 9.65. The van der Waals surface area contributed by atoms with Gasteiger partial charge in [0.25, 0.3) is 0 Å². The van der Waals surface area contributed by atoms with Gasteiger partial charge >= 0.3 is 0 Å². The Morgan fingerprint density at radius 3 is 3.00 bits per heavy atom. The molecule has 2 rings (SSSR count). The van der Waals surface area contributed by atoms with Crippen molar-refractivity contribution in [3.05, 3.63) is 17.8 Å². The molecule has 5 heteroatoms.